The molecule has 0 saturated carbocycles. The topological polar surface area (TPSA) is 63.8 Å². The zero-order chi connectivity index (χ0) is 11.1. The van der Waals surface area contributed by atoms with Crippen LogP contribution >= 0.6 is 0 Å². The van der Waals surface area contributed by atoms with Crippen LogP contribution in [0.15, 0.2) is 18.2 Å². The smallest absolute Gasteiger partial charge is 0.0880 e. The summed E-state index contributed by atoms with van der Waals surface area (Å²) in [7, 11) is 4.62. The minimum Gasteiger partial charge on any atom is -0.279 e. The van der Waals surface area contributed by atoms with Crippen molar-refractivity contribution in [2.75, 3.05) is 37.8 Å². The SMILES string of the molecule is CONc1ccc(NOC)c(NOC)c1. The molecule has 0 spiro atoms. The van der Waals surface area contributed by atoms with Crippen LogP contribution < -0.4 is 16.4 Å². The lowest BCUT2D eigenvalue weighted by Gasteiger charge is -2.12. The van der Waals surface area contributed by atoms with Gasteiger partial charge in [0.25, 0.3) is 0 Å². The Balaban J connectivity index is 2.87. The molecule has 1 aromatic carbocycles. The number of benzene rings is 1. The summed E-state index contributed by atoms with van der Waals surface area (Å²) < 4.78 is 0. The molecule has 84 valence electrons. The third-order valence-electron chi connectivity index (χ3n) is 1.66. The van der Waals surface area contributed by atoms with Gasteiger partial charge in [-0.3, -0.25) is 31.0 Å². The van der Waals surface area contributed by atoms with Gasteiger partial charge in [-0.15, -0.1) is 0 Å². The maximum absolute atomic E-state index is 4.83. The summed E-state index contributed by atoms with van der Waals surface area (Å²) in [4.78, 5) is 14.4. The molecule has 0 atom stereocenters. The van der Waals surface area contributed by atoms with E-state index in [0.717, 1.165) is 17.1 Å². The molecule has 0 aliphatic heterocycles. The summed E-state index contributed by atoms with van der Waals surface area (Å²) in [5.41, 5.74) is 10.5. The Bertz CT molecular complexity index is 307. The van der Waals surface area contributed by atoms with Crippen LogP contribution in [0.25, 0.3) is 0 Å². The first kappa shape index (κ1) is 11.6. The lowest BCUT2D eigenvalue weighted by Crippen LogP contribution is -2.04. The lowest BCUT2D eigenvalue weighted by atomic mass is 10.2. The van der Waals surface area contributed by atoms with Gasteiger partial charge in [-0.2, -0.15) is 0 Å². The molecule has 0 amide bonds. The van der Waals surface area contributed by atoms with E-state index in [1.54, 1.807) is 7.11 Å². The van der Waals surface area contributed by atoms with Gasteiger partial charge in [0, 0.05) is 0 Å². The van der Waals surface area contributed by atoms with Crippen LogP contribution in [0.2, 0.25) is 0 Å². The molecule has 0 fully saturated rings. The summed E-state index contributed by atoms with van der Waals surface area (Å²) in [6.07, 6.45) is 0. The van der Waals surface area contributed by atoms with Crippen LogP contribution in [0.3, 0.4) is 0 Å². The molecule has 15 heavy (non-hydrogen) atoms. The first-order valence-electron chi connectivity index (χ1n) is 4.33. The van der Waals surface area contributed by atoms with E-state index in [9.17, 15) is 0 Å². The third-order valence-corrected chi connectivity index (χ3v) is 1.66. The quantitative estimate of drug-likeness (QED) is 0.624. The van der Waals surface area contributed by atoms with Crippen molar-refractivity contribution in [1.82, 2.24) is 0 Å². The van der Waals surface area contributed by atoms with Gasteiger partial charge in [-0.25, -0.2) is 0 Å². The van der Waals surface area contributed by atoms with Crippen LogP contribution in [-0.2, 0) is 14.5 Å². The van der Waals surface area contributed by atoms with Crippen molar-refractivity contribution >= 4 is 17.1 Å². The molecule has 3 N–H and O–H groups in total. The van der Waals surface area contributed by atoms with Crippen molar-refractivity contribution in [1.29, 1.82) is 0 Å². The highest BCUT2D eigenvalue weighted by Crippen LogP contribution is 2.25. The normalized spacial score (nSPS) is 9.80. The predicted molar refractivity (Wildman–Crippen MR) is 58.3 cm³/mol. The molecule has 6 nitrogen and oxygen atoms in total. The van der Waals surface area contributed by atoms with Gasteiger partial charge in [0.05, 0.1) is 38.4 Å². The summed E-state index contributed by atoms with van der Waals surface area (Å²) in [6.45, 7) is 0. The van der Waals surface area contributed by atoms with Crippen LogP contribution in [0.5, 0.6) is 0 Å². The Kier molecular flexibility index (Phi) is 4.69. The molecule has 1 aromatic rings. The Morgan fingerprint density at radius 3 is 2.00 bits per heavy atom. The van der Waals surface area contributed by atoms with Crippen LogP contribution in [0.4, 0.5) is 17.1 Å². The third kappa shape index (κ3) is 3.28. The van der Waals surface area contributed by atoms with E-state index in [4.69, 9.17) is 14.5 Å². The second kappa shape index (κ2) is 6.07. The fraction of sp³-hybridized carbons (Fsp3) is 0.333. The standard InChI is InChI=1S/C9H15N3O3/c1-13-10-7-4-5-8(11-14-2)9(6-7)12-15-3/h4-6,10-12H,1-3H3. The second-order valence-corrected chi connectivity index (χ2v) is 2.68. The van der Waals surface area contributed by atoms with E-state index in [1.807, 2.05) is 18.2 Å². The van der Waals surface area contributed by atoms with Gasteiger partial charge in [0.1, 0.15) is 0 Å². The summed E-state index contributed by atoms with van der Waals surface area (Å²) in [5.74, 6) is 0. The molecule has 6 heteroatoms. The van der Waals surface area contributed by atoms with Gasteiger partial charge in [0.2, 0.25) is 0 Å². The van der Waals surface area contributed by atoms with Crippen molar-refractivity contribution in [2.45, 2.75) is 0 Å². The molecule has 1 rings (SSSR count). The fourth-order valence-electron chi connectivity index (χ4n) is 1.12. The van der Waals surface area contributed by atoms with Gasteiger partial charge in [-0.05, 0) is 18.2 Å². The number of anilines is 3. The van der Waals surface area contributed by atoms with Gasteiger partial charge in [0.15, 0.2) is 0 Å². The highest BCUT2D eigenvalue weighted by molar-refractivity contribution is 5.72. The monoisotopic (exact) mass is 213 g/mol. The average molecular weight is 213 g/mol. The van der Waals surface area contributed by atoms with Gasteiger partial charge in [-0.1, -0.05) is 0 Å². The number of hydrogen-bond acceptors (Lipinski definition) is 6. The summed E-state index contributed by atoms with van der Waals surface area (Å²) >= 11 is 0. The van der Waals surface area contributed by atoms with Gasteiger partial charge >= 0.3 is 0 Å². The van der Waals surface area contributed by atoms with Crippen molar-refractivity contribution < 1.29 is 14.5 Å². The molecule has 0 aliphatic rings. The van der Waals surface area contributed by atoms with E-state index in [1.165, 1.54) is 14.2 Å². The van der Waals surface area contributed by atoms with Crippen LogP contribution in [-0.4, -0.2) is 21.3 Å². The minimum atomic E-state index is 0.737. The summed E-state index contributed by atoms with van der Waals surface area (Å²) in [5, 5.41) is 0. The van der Waals surface area contributed by atoms with E-state index in [2.05, 4.69) is 16.4 Å². The molecule has 0 aromatic heterocycles. The Morgan fingerprint density at radius 2 is 1.40 bits per heavy atom. The Labute approximate surface area is 88.4 Å². The van der Waals surface area contributed by atoms with E-state index in [-0.39, 0.29) is 0 Å². The Morgan fingerprint density at radius 1 is 0.800 bits per heavy atom. The lowest BCUT2D eigenvalue weighted by molar-refractivity contribution is 0.262. The van der Waals surface area contributed by atoms with Crippen LogP contribution in [0, 0.1) is 0 Å². The van der Waals surface area contributed by atoms with Gasteiger partial charge < -0.3 is 0 Å². The highest BCUT2D eigenvalue weighted by atomic mass is 16.6. The molecular weight excluding hydrogens is 198 g/mol. The molecule has 0 unspecified atom stereocenters. The molecule has 0 aliphatic carbocycles. The zero-order valence-corrected chi connectivity index (χ0v) is 8.96. The average Bonchev–Trinajstić information content (AvgIpc) is 2.23. The van der Waals surface area contributed by atoms with Crippen molar-refractivity contribution in [2.24, 2.45) is 0 Å². The molecule has 0 radical (unpaired) electrons. The number of nitrogens with one attached hydrogen (secondary N) is 3. The van der Waals surface area contributed by atoms with Crippen molar-refractivity contribution in [3.8, 4) is 0 Å². The number of rotatable bonds is 6. The highest BCUT2D eigenvalue weighted by Gasteiger charge is 2.03. The second-order valence-electron chi connectivity index (χ2n) is 2.68. The summed E-state index contributed by atoms with van der Waals surface area (Å²) in [6, 6.07) is 5.48. The van der Waals surface area contributed by atoms with Crippen molar-refractivity contribution in [3.63, 3.8) is 0 Å². The van der Waals surface area contributed by atoms with Crippen molar-refractivity contribution in [3.05, 3.63) is 18.2 Å². The first-order valence-corrected chi connectivity index (χ1v) is 4.33. The zero-order valence-electron chi connectivity index (χ0n) is 8.96. The Hall–Kier alpha value is -1.50. The number of hydrogen-bond donors (Lipinski definition) is 3. The predicted octanol–water partition coefficient (Wildman–Crippen LogP) is 1.61. The van der Waals surface area contributed by atoms with E-state index >= 15 is 0 Å². The largest absolute Gasteiger partial charge is 0.279 e. The molecule has 0 saturated heterocycles. The van der Waals surface area contributed by atoms with Crippen LogP contribution in [0.1, 0.15) is 0 Å². The molecule has 0 heterocycles. The molecule has 0 bridgehead atoms. The van der Waals surface area contributed by atoms with E-state index in [0.29, 0.717) is 0 Å². The fourth-order valence-corrected chi connectivity index (χ4v) is 1.12. The van der Waals surface area contributed by atoms with E-state index < -0.39 is 0 Å². The maximum Gasteiger partial charge on any atom is 0.0880 e. The first-order chi connectivity index (χ1) is 7.31. The molecular formula is C9H15N3O3. The minimum absolute atomic E-state index is 0.737. The maximum atomic E-state index is 4.83.